The zero-order valence-corrected chi connectivity index (χ0v) is 6.20. The molecule has 0 aromatic carbocycles. The number of thioether (sulfide) groups is 1. The van der Waals surface area contributed by atoms with Gasteiger partial charge in [0.2, 0.25) is 0 Å². The fraction of sp³-hybridized carbons (Fsp3) is 0.833. The topological polar surface area (TPSA) is 43.1 Å². The molecule has 0 aliphatic rings. The van der Waals surface area contributed by atoms with Gasteiger partial charge >= 0.3 is 0 Å². The first-order chi connectivity index (χ1) is 5.63. The molecule has 0 aliphatic heterocycles. The molecular formula is C6H13NOS. The lowest BCUT2D eigenvalue weighted by Crippen LogP contribution is -2.28. The number of carbonyl (C=O) groups is 1. The van der Waals surface area contributed by atoms with E-state index in [0.29, 0.717) is 6.42 Å². The van der Waals surface area contributed by atoms with Crippen molar-refractivity contribution in [1.29, 1.82) is 0 Å². The second kappa shape index (κ2) is 4.82. The average molecular weight is 150 g/mol. The minimum atomic E-state index is -1.48. The number of Topliss-reactive ketones (excluding diaryl/α,β-unsaturated/α-hetero) is 1. The van der Waals surface area contributed by atoms with E-state index in [-0.39, 0.29) is 0 Å². The number of carbonyl (C=O) groups excluding carboxylic acids is 1. The van der Waals surface area contributed by atoms with Gasteiger partial charge in [-0.05, 0) is 25.3 Å². The Morgan fingerprint density at radius 1 is 2.11 bits per heavy atom. The Bertz CT molecular complexity index is 145. The lowest BCUT2D eigenvalue weighted by molar-refractivity contribution is -0.118. The van der Waals surface area contributed by atoms with E-state index in [1.54, 1.807) is 11.8 Å². The highest BCUT2D eigenvalue weighted by Crippen LogP contribution is 1.98. The molecule has 0 spiro atoms. The lowest BCUT2D eigenvalue weighted by Gasteiger charge is -2.03. The monoisotopic (exact) mass is 150 g/mol. The van der Waals surface area contributed by atoms with E-state index in [0.717, 1.165) is 5.75 Å². The van der Waals surface area contributed by atoms with Crippen LogP contribution in [0.3, 0.4) is 0 Å². The summed E-state index contributed by atoms with van der Waals surface area (Å²) in [5.41, 5.74) is 2.07. The predicted octanol–water partition coefficient (Wildman–Crippen LogP) is 0.656. The predicted molar refractivity (Wildman–Crippen MR) is 41.7 cm³/mol. The Balaban J connectivity index is 3.88. The molecule has 9 heavy (non-hydrogen) atoms. The summed E-state index contributed by atoms with van der Waals surface area (Å²) >= 11 is 1.58. The van der Waals surface area contributed by atoms with Crippen molar-refractivity contribution >= 4 is 17.5 Å². The van der Waals surface area contributed by atoms with E-state index < -0.39 is 18.7 Å². The van der Waals surface area contributed by atoms with Crippen LogP contribution in [0.2, 0.25) is 1.41 Å². The molecule has 0 saturated carbocycles. The molecule has 2 N–H and O–H groups in total. The number of hydrogen-bond donors (Lipinski definition) is 1. The Morgan fingerprint density at radius 3 is 3.33 bits per heavy atom. The minimum absolute atomic E-state index is 0.512. The molecule has 0 rings (SSSR count). The van der Waals surface area contributed by atoms with Crippen molar-refractivity contribution in [1.82, 2.24) is 0 Å². The van der Waals surface area contributed by atoms with Gasteiger partial charge in [0.05, 0.1) is 6.04 Å². The Morgan fingerprint density at radius 2 is 2.89 bits per heavy atom. The van der Waals surface area contributed by atoms with E-state index in [4.69, 9.17) is 4.15 Å². The van der Waals surface area contributed by atoms with Crippen LogP contribution in [0, 0.1) is 0 Å². The van der Waals surface area contributed by atoms with Crippen LogP contribution in [0.1, 0.15) is 16.0 Å². The molecule has 54 valence electrons. The van der Waals surface area contributed by atoms with E-state index >= 15 is 0 Å². The van der Waals surface area contributed by atoms with Gasteiger partial charge in [-0.15, -0.1) is 0 Å². The SMILES string of the molecule is [2H]N[C@@H](CCSC)C(=O)C([2H])[2H]. The van der Waals surface area contributed by atoms with E-state index in [1.165, 1.54) is 0 Å². The Labute approximate surface area is 64.5 Å². The van der Waals surface area contributed by atoms with E-state index in [9.17, 15) is 4.79 Å². The molecule has 0 radical (unpaired) electrons. The Kier molecular flexibility index (Phi) is 2.54. The maximum Gasteiger partial charge on any atom is 0.146 e. The zero-order valence-electron chi connectivity index (χ0n) is 8.39. The second-order valence-corrected chi connectivity index (χ2v) is 2.72. The third kappa shape index (κ3) is 4.48. The Hall–Kier alpha value is -0.0200. The summed E-state index contributed by atoms with van der Waals surface area (Å²) in [6.45, 7) is -1.48. The molecule has 0 aliphatic carbocycles. The summed E-state index contributed by atoms with van der Waals surface area (Å²) in [5, 5.41) is 0. The van der Waals surface area contributed by atoms with E-state index in [2.05, 4.69) is 5.73 Å². The molecule has 3 heteroatoms. The summed E-state index contributed by atoms with van der Waals surface area (Å²) in [6, 6.07) is -0.655. The second-order valence-electron chi connectivity index (χ2n) is 1.74. The summed E-state index contributed by atoms with van der Waals surface area (Å²) in [7, 11) is 0. The van der Waals surface area contributed by atoms with Crippen LogP contribution in [0.25, 0.3) is 0 Å². The van der Waals surface area contributed by atoms with Crippen LogP contribution in [-0.2, 0) is 4.79 Å². The highest BCUT2D eigenvalue weighted by Gasteiger charge is 2.05. The summed E-state index contributed by atoms with van der Waals surface area (Å²) in [6.07, 6.45) is 2.42. The molecule has 0 aromatic rings. The van der Waals surface area contributed by atoms with Crippen molar-refractivity contribution in [2.45, 2.75) is 19.3 Å². The quantitative estimate of drug-likeness (QED) is 0.626. The lowest BCUT2D eigenvalue weighted by atomic mass is 10.2. The average Bonchev–Trinajstić information content (AvgIpc) is 2.05. The molecule has 0 saturated heterocycles. The van der Waals surface area contributed by atoms with Crippen molar-refractivity contribution in [3.05, 3.63) is 0 Å². The molecule has 1 atom stereocenters. The maximum absolute atomic E-state index is 11.0. The molecule has 0 bridgehead atoms. The molecule has 0 aromatic heterocycles. The van der Waals surface area contributed by atoms with Crippen LogP contribution in [-0.4, -0.2) is 23.8 Å². The first-order valence-corrected chi connectivity index (χ1v) is 4.07. The number of rotatable bonds is 5. The smallest absolute Gasteiger partial charge is 0.146 e. The fourth-order valence-corrected chi connectivity index (χ4v) is 0.849. The third-order valence-corrected chi connectivity index (χ3v) is 1.60. The van der Waals surface area contributed by atoms with Crippen LogP contribution < -0.4 is 5.73 Å². The van der Waals surface area contributed by atoms with Gasteiger partial charge < -0.3 is 5.73 Å². The van der Waals surface area contributed by atoms with Gasteiger partial charge in [-0.2, -0.15) is 11.8 Å². The van der Waals surface area contributed by atoms with E-state index in [1.807, 2.05) is 6.26 Å². The van der Waals surface area contributed by atoms with Crippen molar-refractivity contribution in [3.63, 3.8) is 0 Å². The summed E-state index contributed by atoms with van der Waals surface area (Å²) in [4.78, 5) is 11.0. The summed E-state index contributed by atoms with van der Waals surface area (Å²) in [5.74, 6) is 0.230. The number of nitrogens with two attached hydrogens (primary N) is 1. The summed E-state index contributed by atoms with van der Waals surface area (Å²) < 4.78 is 20.5. The fourth-order valence-electron chi connectivity index (χ4n) is 0.378. The molecule has 0 amide bonds. The van der Waals surface area contributed by atoms with Gasteiger partial charge in [-0.25, -0.2) is 0 Å². The highest BCUT2D eigenvalue weighted by molar-refractivity contribution is 7.98. The van der Waals surface area contributed by atoms with Crippen molar-refractivity contribution in [3.8, 4) is 0 Å². The minimum Gasteiger partial charge on any atom is -0.321 e. The van der Waals surface area contributed by atoms with Crippen molar-refractivity contribution < 1.29 is 8.95 Å². The van der Waals surface area contributed by atoms with Crippen LogP contribution >= 0.6 is 11.8 Å². The van der Waals surface area contributed by atoms with Crippen molar-refractivity contribution in [2.75, 3.05) is 12.0 Å². The number of ketones is 1. The van der Waals surface area contributed by atoms with Gasteiger partial charge in [-0.1, -0.05) is 0 Å². The molecule has 0 fully saturated rings. The third-order valence-electron chi connectivity index (χ3n) is 0.954. The molecule has 0 unspecified atom stereocenters. The maximum atomic E-state index is 11.0. The normalized spacial score (nSPS) is 18.2. The van der Waals surface area contributed by atoms with Crippen LogP contribution in [0.5, 0.6) is 0 Å². The van der Waals surface area contributed by atoms with Gasteiger partial charge in [-0.3, -0.25) is 4.79 Å². The van der Waals surface area contributed by atoms with Crippen molar-refractivity contribution in [2.24, 2.45) is 5.73 Å². The van der Waals surface area contributed by atoms with Crippen LogP contribution in [0.15, 0.2) is 0 Å². The molecule has 0 heterocycles. The molecule has 2 nitrogen and oxygen atoms in total. The largest absolute Gasteiger partial charge is 0.321 e. The van der Waals surface area contributed by atoms with Gasteiger partial charge in [0.1, 0.15) is 7.20 Å². The molecular weight excluding hydrogens is 134 g/mol. The first-order valence-electron chi connectivity index (χ1n) is 4.33. The standard InChI is InChI=1S/C6H13NOS/c1-5(8)6(7)3-4-9-2/h6H,3-4,7H2,1-2H3/t6-/m0/s1/i1D2/hD. The van der Waals surface area contributed by atoms with Gasteiger partial charge in [0.25, 0.3) is 0 Å². The highest BCUT2D eigenvalue weighted by atomic mass is 32.2. The van der Waals surface area contributed by atoms with Gasteiger partial charge in [0, 0.05) is 2.74 Å². The number of hydrogen-bond acceptors (Lipinski definition) is 3. The first kappa shape index (κ1) is 4.74. The van der Waals surface area contributed by atoms with Crippen LogP contribution in [0.4, 0.5) is 0 Å². The zero-order chi connectivity index (χ0) is 9.56. The van der Waals surface area contributed by atoms with Gasteiger partial charge in [0.15, 0.2) is 0 Å².